The van der Waals surface area contributed by atoms with Gasteiger partial charge in [0.15, 0.2) is 0 Å². The van der Waals surface area contributed by atoms with Gasteiger partial charge in [-0.25, -0.2) is 4.98 Å². The number of hydrogen-bond donors (Lipinski definition) is 1. The van der Waals surface area contributed by atoms with Crippen LogP contribution < -0.4 is 10.1 Å². The highest BCUT2D eigenvalue weighted by Gasteiger charge is 2.17. The summed E-state index contributed by atoms with van der Waals surface area (Å²) in [5, 5.41) is 14.0. The van der Waals surface area contributed by atoms with Crippen LogP contribution in [0.1, 0.15) is 18.1 Å². The molecule has 1 amide bonds. The molecule has 4 aromatic rings. The smallest absolute Gasteiger partial charge is 0.234 e. The Hall–Kier alpha value is -3.79. The largest absolute Gasteiger partial charge is 0.494 e. The minimum Gasteiger partial charge on any atom is -0.494 e. The Bertz CT molecular complexity index is 1420. The van der Waals surface area contributed by atoms with Crippen molar-refractivity contribution in [1.82, 2.24) is 4.98 Å². The van der Waals surface area contributed by atoms with E-state index in [2.05, 4.69) is 11.4 Å². The fourth-order valence-electron chi connectivity index (χ4n) is 3.68. The zero-order valence-electron chi connectivity index (χ0n) is 19.9. The lowest BCUT2D eigenvalue weighted by atomic mass is 9.99. The van der Waals surface area contributed by atoms with E-state index in [4.69, 9.17) is 21.3 Å². The molecule has 0 aliphatic carbocycles. The molecule has 0 atom stereocenters. The van der Waals surface area contributed by atoms with Crippen LogP contribution in [-0.4, -0.2) is 23.3 Å². The molecule has 36 heavy (non-hydrogen) atoms. The number of halogens is 1. The van der Waals surface area contributed by atoms with Crippen LogP contribution in [0, 0.1) is 18.3 Å². The van der Waals surface area contributed by atoms with E-state index in [0.717, 1.165) is 28.0 Å². The first-order valence-corrected chi connectivity index (χ1v) is 12.8. The second-order valence-electron chi connectivity index (χ2n) is 7.92. The van der Waals surface area contributed by atoms with E-state index in [1.54, 1.807) is 12.1 Å². The first-order valence-electron chi connectivity index (χ1n) is 11.4. The minimum atomic E-state index is -0.205. The summed E-state index contributed by atoms with van der Waals surface area (Å²) in [4.78, 5) is 17.5. The van der Waals surface area contributed by atoms with Crippen LogP contribution in [-0.2, 0) is 4.79 Å². The standard InChI is InChI=1S/C29H24ClN3O2S/c1-3-35-22-14-12-21(13-15-22)27-16-23(20-8-5-4-6-9-20)24(17-31)29(33-27)36-18-28(34)32-26-11-7-10-25(30)19(26)2/h4-16H,3,18H2,1-2H3,(H,32,34). The molecule has 0 fully saturated rings. The van der Waals surface area contributed by atoms with Crippen molar-refractivity contribution in [3.05, 3.63) is 95.0 Å². The van der Waals surface area contributed by atoms with Crippen molar-refractivity contribution in [3.8, 4) is 34.2 Å². The first-order chi connectivity index (χ1) is 17.5. The van der Waals surface area contributed by atoms with Crippen LogP contribution >= 0.6 is 23.4 Å². The van der Waals surface area contributed by atoms with Crippen molar-refractivity contribution in [1.29, 1.82) is 5.26 Å². The number of carbonyl (C=O) groups excluding carboxylic acids is 1. The van der Waals surface area contributed by atoms with Crippen LogP contribution in [0.5, 0.6) is 5.75 Å². The van der Waals surface area contributed by atoms with E-state index in [-0.39, 0.29) is 11.7 Å². The van der Waals surface area contributed by atoms with Gasteiger partial charge in [0.2, 0.25) is 5.91 Å². The number of ether oxygens (including phenoxy) is 1. The number of aromatic nitrogens is 1. The minimum absolute atomic E-state index is 0.0919. The molecular weight excluding hydrogens is 490 g/mol. The molecule has 0 radical (unpaired) electrons. The summed E-state index contributed by atoms with van der Waals surface area (Å²) in [6.45, 7) is 4.38. The van der Waals surface area contributed by atoms with Crippen LogP contribution in [0.2, 0.25) is 5.02 Å². The van der Waals surface area contributed by atoms with Crippen molar-refractivity contribution in [2.75, 3.05) is 17.7 Å². The molecule has 1 N–H and O–H groups in total. The van der Waals surface area contributed by atoms with Gasteiger partial charge in [0.1, 0.15) is 16.8 Å². The second-order valence-corrected chi connectivity index (χ2v) is 9.29. The highest BCUT2D eigenvalue weighted by atomic mass is 35.5. The Kier molecular flexibility index (Phi) is 8.27. The monoisotopic (exact) mass is 513 g/mol. The molecule has 1 aromatic heterocycles. The van der Waals surface area contributed by atoms with Gasteiger partial charge < -0.3 is 10.1 Å². The number of nitrogens with one attached hydrogen (secondary N) is 1. The highest BCUT2D eigenvalue weighted by Crippen LogP contribution is 2.35. The lowest BCUT2D eigenvalue weighted by Gasteiger charge is -2.13. The van der Waals surface area contributed by atoms with Crippen LogP contribution in [0.25, 0.3) is 22.4 Å². The van der Waals surface area contributed by atoms with Crippen molar-refractivity contribution in [3.63, 3.8) is 0 Å². The number of carbonyl (C=O) groups is 1. The number of nitriles is 1. The lowest BCUT2D eigenvalue weighted by Crippen LogP contribution is -2.15. The van der Waals surface area contributed by atoms with Crippen molar-refractivity contribution >= 4 is 35.0 Å². The third-order valence-electron chi connectivity index (χ3n) is 5.53. The average Bonchev–Trinajstić information content (AvgIpc) is 2.90. The van der Waals surface area contributed by atoms with E-state index < -0.39 is 0 Å². The number of benzene rings is 3. The van der Waals surface area contributed by atoms with Crippen LogP contribution in [0.3, 0.4) is 0 Å². The molecule has 5 nitrogen and oxygen atoms in total. The third-order valence-corrected chi connectivity index (χ3v) is 6.91. The van der Waals surface area contributed by atoms with Gasteiger partial charge in [-0.2, -0.15) is 5.26 Å². The molecule has 0 aliphatic rings. The number of anilines is 1. The van der Waals surface area contributed by atoms with E-state index in [9.17, 15) is 10.1 Å². The maximum atomic E-state index is 12.8. The molecule has 1 heterocycles. The molecule has 0 spiro atoms. The number of amides is 1. The van der Waals surface area contributed by atoms with Gasteiger partial charge in [-0.1, -0.05) is 59.8 Å². The van der Waals surface area contributed by atoms with Gasteiger partial charge in [0.25, 0.3) is 0 Å². The fraction of sp³-hybridized carbons (Fsp3) is 0.138. The summed E-state index contributed by atoms with van der Waals surface area (Å²) < 4.78 is 5.56. The lowest BCUT2D eigenvalue weighted by molar-refractivity contribution is -0.113. The third kappa shape index (κ3) is 5.88. The van der Waals surface area contributed by atoms with Gasteiger partial charge in [0, 0.05) is 21.8 Å². The Balaban J connectivity index is 1.67. The maximum absolute atomic E-state index is 12.8. The van der Waals surface area contributed by atoms with Gasteiger partial charge in [0.05, 0.1) is 23.6 Å². The number of hydrogen-bond acceptors (Lipinski definition) is 5. The molecule has 0 saturated heterocycles. The predicted octanol–water partition coefficient (Wildman–Crippen LogP) is 7.38. The van der Waals surface area contributed by atoms with Gasteiger partial charge in [-0.15, -0.1) is 0 Å². The molecule has 0 bridgehead atoms. The quantitative estimate of drug-likeness (QED) is 0.249. The zero-order chi connectivity index (χ0) is 25.5. The summed E-state index contributed by atoms with van der Waals surface area (Å²) in [6.07, 6.45) is 0. The number of thioether (sulfide) groups is 1. The van der Waals surface area contributed by atoms with Gasteiger partial charge in [-0.3, -0.25) is 4.79 Å². The maximum Gasteiger partial charge on any atom is 0.234 e. The Morgan fingerprint density at radius 2 is 1.81 bits per heavy atom. The highest BCUT2D eigenvalue weighted by molar-refractivity contribution is 8.00. The number of pyridine rings is 1. The van der Waals surface area contributed by atoms with Crippen LogP contribution in [0.15, 0.2) is 83.9 Å². The number of rotatable bonds is 8. The summed E-state index contributed by atoms with van der Waals surface area (Å²) >= 11 is 7.41. The molecule has 4 rings (SSSR count). The Labute approximate surface area is 220 Å². The van der Waals surface area contributed by atoms with Gasteiger partial charge in [-0.05, 0) is 67.4 Å². The molecule has 0 aliphatic heterocycles. The molecule has 7 heteroatoms. The van der Waals surface area contributed by atoms with Crippen molar-refractivity contribution in [2.45, 2.75) is 18.9 Å². The second kappa shape index (κ2) is 11.8. The summed E-state index contributed by atoms with van der Waals surface area (Å²) in [6, 6.07) is 27.0. The predicted molar refractivity (Wildman–Crippen MR) is 147 cm³/mol. The zero-order valence-corrected chi connectivity index (χ0v) is 21.5. The molecule has 3 aromatic carbocycles. The summed E-state index contributed by atoms with van der Waals surface area (Å²) in [5.74, 6) is 0.666. The van der Waals surface area contributed by atoms with Crippen LogP contribution in [0.4, 0.5) is 5.69 Å². The number of nitrogens with zero attached hydrogens (tertiary/aromatic N) is 2. The first kappa shape index (κ1) is 25.3. The van der Waals surface area contributed by atoms with E-state index in [1.807, 2.05) is 80.6 Å². The molecular formula is C29H24ClN3O2S. The topological polar surface area (TPSA) is 75.0 Å². The normalized spacial score (nSPS) is 10.5. The van der Waals surface area contributed by atoms with Crippen molar-refractivity contribution < 1.29 is 9.53 Å². The molecule has 0 saturated carbocycles. The van der Waals surface area contributed by atoms with E-state index in [1.165, 1.54) is 11.8 Å². The van der Waals surface area contributed by atoms with E-state index >= 15 is 0 Å². The van der Waals surface area contributed by atoms with E-state index in [0.29, 0.717) is 33.6 Å². The molecule has 180 valence electrons. The van der Waals surface area contributed by atoms with Gasteiger partial charge >= 0.3 is 0 Å². The summed E-state index contributed by atoms with van der Waals surface area (Å²) in [7, 11) is 0. The van der Waals surface area contributed by atoms with Crippen molar-refractivity contribution in [2.24, 2.45) is 0 Å². The summed E-state index contributed by atoms with van der Waals surface area (Å²) in [5.41, 5.74) is 5.18. The molecule has 0 unspecified atom stereocenters. The fourth-order valence-corrected chi connectivity index (χ4v) is 4.66. The Morgan fingerprint density at radius 3 is 2.50 bits per heavy atom. The SMILES string of the molecule is CCOc1ccc(-c2cc(-c3ccccc3)c(C#N)c(SCC(=O)Nc3cccc(Cl)c3C)n2)cc1. The Morgan fingerprint density at radius 1 is 1.06 bits per heavy atom. The average molecular weight is 514 g/mol.